The molecule has 7 nitrogen and oxygen atoms in total. The molecule has 3 aromatic carbocycles. The second-order valence-electron chi connectivity index (χ2n) is 6.80. The first kappa shape index (κ1) is 22.5. The zero-order chi connectivity index (χ0) is 23.4. The molecule has 0 aliphatic rings. The third-order valence-corrected chi connectivity index (χ3v) is 5.85. The molecular weight excluding hydrogens is 467 g/mol. The summed E-state index contributed by atoms with van der Waals surface area (Å²) >= 11 is 7.34. The van der Waals surface area contributed by atoms with Crippen LogP contribution in [0.5, 0.6) is 0 Å². The predicted molar refractivity (Wildman–Crippen MR) is 125 cm³/mol. The van der Waals surface area contributed by atoms with Crippen LogP contribution in [0.3, 0.4) is 0 Å². The molecule has 0 radical (unpaired) electrons. The van der Waals surface area contributed by atoms with Gasteiger partial charge in [-0.3, -0.25) is 29.8 Å². The zero-order valence-corrected chi connectivity index (χ0v) is 18.5. The van der Waals surface area contributed by atoms with Crippen LogP contribution in [0.1, 0.15) is 10.4 Å². The topological polar surface area (TPSA) is 93.1 Å². The van der Waals surface area contributed by atoms with Crippen molar-refractivity contribution in [2.75, 3.05) is 5.75 Å². The van der Waals surface area contributed by atoms with E-state index < -0.39 is 17.6 Å². The Morgan fingerprint density at radius 2 is 1.67 bits per heavy atom. The van der Waals surface area contributed by atoms with E-state index in [2.05, 4.69) is 15.8 Å². The smallest absolute Gasteiger partial charge is 0.269 e. The lowest BCUT2D eigenvalue weighted by Gasteiger charge is -2.14. The Hall–Kier alpha value is -3.69. The van der Waals surface area contributed by atoms with Crippen LogP contribution >= 0.6 is 23.4 Å². The van der Waals surface area contributed by atoms with Gasteiger partial charge in [0, 0.05) is 5.56 Å². The summed E-state index contributed by atoms with van der Waals surface area (Å²) in [7, 11) is 0. The Balaban J connectivity index is 1.54. The summed E-state index contributed by atoms with van der Waals surface area (Å²) in [5.41, 5.74) is 5.35. The molecule has 0 spiro atoms. The number of nitrogens with one attached hydrogen (secondary N) is 2. The van der Waals surface area contributed by atoms with Gasteiger partial charge < -0.3 is 0 Å². The molecule has 0 saturated heterocycles. The SMILES string of the molecule is O=C(CSc1nc2ccccc2c(=O)n1-c1ccccc1Cl)NNC(=O)c1ccc(F)cc1. The van der Waals surface area contributed by atoms with E-state index >= 15 is 0 Å². The highest BCUT2D eigenvalue weighted by Crippen LogP contribution is 2.25. The number of aromatic nitrogens is 2. The van der Waals surface area contributed by atoms with E-state index in [4.69, 9.17) is 11.6 Å². The Morgan fingerprint density at radius 1 is 0.970 bits per heavy atom. The van der Waals surface area contributed by atoms with Crippen molar-refractivity contribution in [3.63, 3.8) is 0 Å². The number of benzene rings is 3. The first-order valence-electron chi connectivity index (χ1n) is 9.68. The normalized spacial score (nSPS) is 10.7. The van der Waals surface area contributed by atoms with Crippen molar-refractivity contribution < 1.29 is 14.0 Å². The van der Waals surface area contributed by atoms with Gasteiger partial charge in [-0.15, -0.1) is 0 Å². The fourth-order valence-corrected chi connectivity index (χ4v) is 4.05. The number of nitrogens with zero attached hydrogens (tertiary/aromatic N) is 2. The van der Waals surface area contributed by atoms with Gasteiger partial charge in [0.2, 0.25) is 5.91 Å². The second kappa shape index (κ2) is 9.85. The van der Waals surface area contributed by atoms with Crippen molar-refractivity contribution in [3.05, 3.63) is 99.6 Å². The summed E-state index contributed by atoms with van der Waals surface area (Å²) in [5.74, 6) is -1.73. The number of rotatable bonds is 5. The van der Waals surface area contributed by atoms with Crippen LogP contribution < -0.4 is 16.4 Å². The minimum atomic E-state index is -0.592. The van der Waals surface area contributed by atoms with E-state index in [1.807, 2.05) is 0 Å². The Morgan fingerprint density at radius 3 is 2.42 bits per heavy atom. The van der Waals surface area contributed by atoms with E-state index in [9.17, 15) is 18.8 Å². The molecule has 0 fully saturated rings. The van der Waals surface area contributed by atoms with Crippen LogP contribution in [0.25, 0.3) is 16.6 Å². The number of fused-ring (bicyclic) bond motifs is 1. The summed E-state index contributed by atoms with van der Waals surface area (Å²) in [6.07, 6.45) is 0. The number of thioether (sulfide) groups is 1. The second-order valence-corrected chi connectivity index (χ2v) is 8.15. The van der Waals surface area contributed by atoms with Gasteiger partial charge in [0.25, 0.3) is 11.5 Å². The molecular formula is C23H16ClFN4O3S. The first-order chi connectivity index (χ1) is 15.9. The number of para-hydroxylation sites is 2. The summed E-state index contributed by atoms with van der Waals surface area (Å²) < 4.78 is 14.4. The average molecular weight is 483 g/mol. The predicted octanol–water partition coefficient (Wildman–Crippen LogP) is 3.73. The minimum Gasteiger partial charge on any atom is -0.272 e. The Kier molecular flexibility index (Phi) is 6.71. The molecule has 33 heavy (non-hydrogen) atoms. The first-order valence-corrected chi connectivity index (χ1v) is 11.0. The van der Waals surface area contributed by atoms with E-state index in [1.54, 1.807) is 48.5 Å². The largest absolute Gasteiger partial charge is 0.272 e. The number of hydrogen-bond donors (Lipinski definition) is 2. The van der Waals surface area contributed by atoms with E-state index in [-0.39, 0.29) is 22.0 Å². The van der Waals surface area contributed by atoms with E-state index in [1.165, 1.54) is 16.7 Å². The minimum absolute atomic E-state index is 0.140. The fraction of sp³-hybridized carbons (Fsp3) is 0.0435. The van der Waals surface area contributed by atoms with Gasteiger partial charge in [0.05, 0.1) is 27.4 Å². The van der Waals surface area contributed by atoms with Gasteiger partial charge in [-0.25, -0.2) is 9.37 Å². The third-order valence-electron chi connectivity index (χ3n) is 4.59. The molecule has 4 aromatic rings. The number of carbonyl (C=O) groups is 2. The van der Waals surface area contributed by atoms with Crippen LogP contribution in [0.4, 0.5) is 4.39 Å². The fourth-order valence-electron chi connectivity index (χ4n) is 3.02. The molecule has 0 unspecified atom stereocenters. The lowest BCUT2D eigenvalue weighted by atomic mass is 10.2. The Bertz CT molecular complexity index is 1410. The van der Waals surface area contributed by atoms with Crippen LogP contribution in [0.15, 0.2) is 82.7 Å². The maximum atomic E-state index is 13.2. The van der Waals surface area contributed by atoms with Crippen molar-refractivity contribution >= 4 is 46.1 Å². The van der Waals surface area contributed by atoms with Crippen molar-refractivity contribution in [3.8, 4) is 5.69 Å². The van der Waals surface area contributed by atoms with Crippen LogP contribution in [0.2, 0.25) is 5.02 Å². The van der Waals surface area contributed by atoms with Crippen molar-refractivity contribution in [2.24, 2.45) is 0 Å². The Labute approximate surface area is 196 Å². The lowest BCUT2D eigenvalue weighted by Crippen LogP contribution is -2.42. The molecule has 0 aliphatic carbocycles. The molecule has 166 valence electrons. The zero-order valence-electron chi connectivity index (χ0n) is 16.9. The molecule has 0 atom stereocenters. The monoisotopic (exact) mass is 482 g/mol. The van der Waals surface area contributed by atoms with Gasteiger partial charge in [0.1, 0.15) is 5.82 Å². The summed E-state index contributed by atoms with van der Waals surface area (Å²) in [6, 6.07) is 18.6. The van der Waals surface area contributed by atoms with E-state index in [0.29, 0.717) is 21.6 Å². The number of amides is 2. The summed E-state index contributed by atoms with van der Waals surface area (Å²) in [6.45, 7) is 0. The number of carbonyl (C=O) groups excluding carboxylic acids is 2. The van der Waals surface area contributed by atoms with Crippen LogP contribution in [0, 0.1) is 5.82 Å². The van der Waals surface area contributed by atoms with Gasteiger partial charge in [-0.2, -0.15) is 0 Å². The summed E-state index contributed by atoms with van der Waals surface area (Å²) in [5, 5.41) is 1.04. The highest BCUT2D eigenvalue weighted by Gasteiger charge is 2.17. The molecule has 0 bridgehead atoms. The maximum absolute atomic E-state index is 13.2. The molecule has 0 saturated carbocycles. The van der Waals surface area contributed by atoms with Crippen molar-refractivity contribution in [1.29, 1.82) is 0 Å². The highest BCUT2D eigenvalue weighted by atomic mass is 35.5. The molecule has 1 aromatic heterocycles. The molecule has 2 N–H and O–H groups in total. The van der Waals surface area contributed by atoms with Crippen LogP contribution in [-0.2, 0) is 4.79 Å². The standard InChI is InChI=1S/C23H16ClFN4O3S/c24-17-6-2-4-8-19(17)29-22(32)16-5-1-3-7-18(16)26-23(29)33-13-20(30)27-28-21(31)14-9-11-15(25)12-10-14/h1-12H,13H2,(H,27,30)(H,28,31). The molecule has 10 heteroatoms. The van der Waals surface area contributed by atoms with Crippen LogP contribution in [-0.4, -0.2) is 27.1 Å². The van der Waals surface area contributed by atoms with E-state index in [0.717, 1.165) is 23.9 Å². The van der Waals surface area contributed by atoms with Gasteiger partial charge in [-0.1, -0.05) is 47.6 Å². The quantitative estimate of drug-likeness (QED) is 0.257. The average Bonchev–Trinajstić information content (AvgIpc) is 2.82. The summed E-state index contributed by atoms with van der Waals surface area (Å²) in [4.78, 5) is 42.1. The maximum Gasteiger partial charge on any atom is 0.269 e. The molecule has 0 aliphatic heterocycles. The number of hydrazine groups is 1. The molecule has 1 heterocycles. The van der Waals surface area contributed by atoms with Gasteiger partial charge in [-0.05, 0) is 48.5 Å². The molecule has 4 rings (SSSR count). The third kappa shape index (κ3) is 5.05. The lowest BCUT2D eigenvalue weighted by molar-refractivity contribution is -0.119. The van der Waals surface area contributed by atoms with Crippen molar-refractivity contribution in [2.45, 2.75) is 5.16 Å². The highest BCUT2D eigenvalue weighted by molar-refractivity contribution is 7.99. The van der Waals surface area contributed by atoms with Gasteiger partial charge >= 0.3 is 0 Å². The van der Waals surface area contributed by atoms with Crippen molar-refractivity contribution in [1.82, 2.24) is 20.4 Å². The number of halogens is 2. The number of hydrogen-bond acceptors (Lipinski definition) is 5. The molecule has 2 amide bonds. The van der Waals surface area contributed by atoms with Gasteiger partial charge in [0.15, 0.2) is 5.16 Å².